The van der Waals surface area contributed by atoms with E-state index in [-0.39, 0.29) is 12.2 Å². The van der Waals surface area contributed by atoms with Gasteiger partial charge >= 0.3 is 5.97 Å². The molecule has 5 nitrogen and oxygen atoms in total. The minimum absolute atomic E-state index is 0.0819. The van der Waals surface area contributed by atoms with E-state index >= 15 is 0 Å². The molecule has 2 N–H and O–H groups in total. The number of hydrogen-bond donors (Lipinski definition) is 2. The van der Waals surface area contributed by atoms with Crippen LogP contribution < -0.4 is 5.32 Å². The number of hydrogen-bond acceptors (Lipinski definition) is 3. The summed E-state index contributed by atoms with van der Waals surface area (Å²) in [7, 11) is 1.80. The van der Waals surface area contributed by atoms with Crippen LogP contribution in [-0.2, 0) is 11.8 Å². The fourth-order valence-electron chi connectivity index (χ4n) is 2.06. The summed E-state index contributed by atoms with van der Waals surface area (Å²) >= 11 is 0. The Morgan fingerprint density at radius 3 is 2.85 bits per heavy atom. The molecule has 0 aliphatic carbocycles. The van der Waals surface area contributed by atoms with Gasteiger partial charge in [0.25, 0.3) is 0 Å². The molecule has 0 fully saturated rings. The van der Waals surface area contributed by atoms with E-state index in [1.807, 2.05) is 13.8 Å². The first-order valence-electron chi connectivity index (χ1n) is 6.40. The van der Waals surface area contributed by atoms with Gasteiger partial charge in [0.1, 0.15) is 5.82 Å². The number of nitrogens with zero attached hydrogens (tertiary/aromatic N) is 2. The van der Waals surface area contributed by atoms with Crippen LogP contribution in [0.3, 0.4) is 0 Å². The van der Waals surface area contributed by atoms with E-state index in [9.17, 15) is 9.18 Å². The van der Waals surface area contributed by atoms with Crippen molar-refractivity contribution in [2.24, 2.45) is 7.05 Å². The molecule has 20 heavy (non-hydrogen) atoms. The molecule has 0 aliphatic rings. The zero-order valence-corrected chi connectivity index (χ0v) is 11.8. The van der Waals surface area contributed by atoms with Crippen LogP contribution in [0.25, 0.3) is 11.0 Å². The molecule has 1 aromatic heterocycles. The Labute approximate surface area is 116 Å². The zero-order valence-electron chi connectivity index (χ0n) is 11.8. The second-order valence-electron chi connectivity index (χ2n) is 5.53. The summed E-state index contributed by atoms with van der Waals surface area (Å²) in [6, 6.07) is 4.42. The van der Waals surface area contributed by atoms with Crippen LogP contribution >= 0.6 is 0 Å². The van der Waals surface area contributed by atoms with Crippen LogP contribution in [0, 0.1) is 5.82 Å². The fourth-order valence-corrected chi connectivity index (χ4v) is 2.06. The average Bonchev–Trinajstić information content (AvgIpc) is 2.64. The average molecular weight is 279 g/mol. The van der Waals surface area contributed by atoms with Crippen molar-refractivity contribution in [2.45, 2.75) is 32.2 Å². The summed E-state index contributed by atoms with van der Waals surface area (Å²) in [5.41, 5.74) is 0.985. The molecule has 0 radical (unpaired) electrons. The fraction of sp³-hybridized carbons (Fsp3) is 0.429. The number of aliphatic carboxylic acids is 1. The van der Waals surface area contributed by atoms with Crippen LogP contribution in [-0.4, -0.2) is 26.2 Å². The number of benzene rings is 1. The number of carboxylic acid groups (broad SMARTS) is 1. The van der Waals surface area contributed by atoms with Gasteiger partial charge in [0.05, 0.1) is 11.0 Å². The summed E-state index contributed by atoms with van der Waals surface area (Å²) in [5, 5.41) is 12.0. The lowest BCUT2D eigenvalue weighted by Gasteiger charge is -2.26. The lowest BCUT2D eigenvalue weighted by molar-refractivity contribution is -0.137. The van der Waals surface area contributed by atoms with Crippen LogP contribution in [0.5, 0.6) is 0 Å². The molecule has 1 heterocycles. The Kier molecular flexibility index (Phi) is 3.65. The number of carbonyl (C=O) groups is 1. The first-order chi connectivity index (χ1) is 9.28. The number of fused-ring (bicyclic) bond motifs is 1. The van der Waals surface area contributed by atoms with E-state index < -0.39 is 11.5 Å². The number of carboxylic acids is 1. The Bertz CT molecular complexity index is 649. The van der Waals surface area contributed by atoms with Gasteiger partial charge < -0.3 is 15.0 Å². The highest BCUT2D eigenvalue weighted by atomic mass is 19.1. The normalized spacial score (nSPS) is 11.8. The van der Waals surface area contributed by atoms with Gasteiger partial charge in [0.2, 0.25) is 5.95 Å². The van der Waals surface area contributed by atoms with Crippen molar-refractivity contribution in [1.29, 1.82) is 0 Å². The number of imidazole rings is 1. The predicted molar refractivity (Wildman–Crippen MR) is 75.2 cm³/mol. The maximum atomic E-state index is 13.2. The molecule has 1 aromatic carbocycles. The van der Waals surface area contributed by atoms with E-state index in [0.717, 1.165) is 0 Å². The van der Waals surface area contributed by atoms with Gasteiger partial charge in [0.15, 0.2) is 0 Å². The number of nitrogens with one attached hydrogen (secondary N) is 1. The molecule has 108 valence electrons. The highest BCUT2D eigenvalue weighted by molar-refractivity contribution is 5.78. The first kappa shape index (κ1) is 14.3. The third-order valence-electron chi connectivity index (χ3n) is 3.26. The van der Waals surface area contributed by atoms with Crippen LogP contribution in [0.15, 0.2) is 18.2 Å². The monoisotopic (exact) mass is 279 g/mol. The van der Waals surface area contributed by atoms with E-state index in [0.29, 0.717) is 23.4 Å². The topological polar surface area (TPSA) is 67.2 Å². The molecule has 0 aliphatic heterocycles. The third-order valence-corrected chi connectivity index (χ3v) is 3.26. The van der Waals surface area contributed by atoms with Crippen molar-refractivity contribution in [1.82, 2.24) is 9.55 Å². The number of rotatable bonds is 5. The van der Waals surface area contributed by atoms with E-state index in [1.54, 1.807) is 17.7 Å². The van der Waals surface area contributed by atoms with E-state index in [2.05, 4.69) is 10.3 Å². The standard InChI is InChI=1S/C14H18FN3O2/c1-14(2,7-6-12(19)20)17-13-16-10-5-4-9(15)8-11(10)18(13)3/h4-5,8H,6-7H2,1-3H3,(H,16,17)(H,19,20). The molecular weight excluding hydrogens is 261 g/mol. The van der Waals surface area contributed by atoms with Gasteiger partial charge in [-0.2, -0.15) is 0 Å². The number of aromatic nitrogens is 2. The Morgan fingerprint density at radius 1 is 1.50 bits per heavy atom. The molecule has 0 saturated heterocycles. The Morgan fingerprint density at radius 2 is 2.20 bits per heavy atom. The number of anilines is 1. The van der Waals surface area contributed by atoms with Crippen LogP contribution in [0.2, 0.25) is 0 Å². The van der Waals surface area contributed by atoms with E-state index in [1.165, 1.54) is 12.1 Å². The largest absolute Gasteiger partial charge is 0.481 e. The van der Waals surface area contributed by atoms with Gasteiger partial charge in [-0.1, -0.05) is 0 Å². The van der Waals surface area contributed by atoms with Crippen molar-refractivity contribution in [3.8, 4) is 0 Å². The van der Waals surface area contributed by atoms with Crippen molar-refractivity contribution < 1.29 is 14.3 Å². The summed E-state index contributed by atoms with van der Waals surface area (Å²) in [5.74, 6) is -0.537. The van der Waals surface area contributed by atoms with Crippen LogP contribution in [0.4, 0.5) is 10.3 Å². The lowest BCUT2D eigenvalue weighted by Crippen LogP contribution is -2.32. The predicted octanol–water partition coefficient (Wildman–Crippen LogP) is 2.77. The number of aryl methyl sites for hydroxylation is 1. The van der Waals surface area contributed by atoms with Gasteiger partial charge in [0, 0.05) is 19.0 Å². The molecule has 0 unspecified atom stereocenters. The molecule has 0 amide bonds. The molecule has 0 saturated carbocycles. The van der Waals surface area contributed by atoms with Gasteiger partial charge in [-0.15, -0.1) is 0 Å². The summed E-state index contributed by atoms with van der Waals surface area (Å²) in [6.07, 6.45) is 0.554. The maximum Gasteiger partial charge on any atom is 0.303 e. The molecule has 6 heteroatoms. The second-order valence-corrected chi connectivity index (χ2v) is 5.53. The zero-order chi connectivity index (χ0) is 14.9. The van der Waals surface area contributed by atoms with Gasteiger partial charge in [-0.05, 0) is 38.5 Å². The van der Waals surface area contributed by atoms with Crippen molar-refractivity contribution in [3.63, 3.8) is 0 Å². The highest BCUT2D eigenvalue weighted by Crippen LogP contribution is 2.23. The molecule has 0 bridgehead atoms. The SMILES string of the molecule is Cn1c(NC(C)(C)CCC(=O)O)nc2ccc(F)cc21. The second kappa shape index (κ2) is 5.11. The van der Waals surface area contributed by atoms with Crippen LogP contribution in [0.1, 0.15) is 26.7 Å². The lowest BCUT2D eigenvalue weighted by atomic mass is 9.99. The highest BCUT2D eigenvalue weighted by Gasteiger charge is 2.21. The minimum atomic E-state index is -0.827. The third kappa shape index (κ3) is 3.07. The van der Waals surface area contributed by atoms with Crippen molar-refractivity contribution >= 4 is 23.0 Å². The molecular formula is C14H18FN3O2. The van der Waals surface area contributed by atoms with Gasteiger partial charge in [-0.3, -0.25) is 4.79 Å². The number of halogens is 1. The summed E-state index contributed by atoms with van der Waals surface area (Å²) in [4.78, 5) is 15.1. The Balaban J connectivity index is 2.25. The molecule has 2 aromatic rings. The van der Waals surface area contributed by atoms with E-state index in [4.69, 9.17) is 5.11 Å². The Hall–Kier alpha value is -2.11. The van der Waals surface area contributed by atoms with Gasteiger partial charge in [-0.25, -0.2) is 9.37 Å². The van der Waals surface area contributed by atoms with Crippen molar-refractivity contribution in [3.05, 3.63) is 24.0 Å². The molecule has 2 rings (SSSR count). The maximum absolute atomic E-state index is 13.2. The minimum Gasteiger partial charge on any atom is -0.481 e. The quantitative estimate of drug-likeness (QED) is 0.883. The molecule has 0 spiro atoms. The molecule has 0 atom stereocenters. The summed E-state index contributed by atoms with van der Waals surface area (Å²) in [6.45, 7) is 3.83. The van der Waals surface area contributed by atoms with Crippen molar-refractivity contribution in [2.75, 3.05) is 5.32 Å². The first-order valence-corrected chi connectivity index (χ1v) is 6.40. The summed E-state index contributed by atoms with van der Waals surface area (Å²) < 4.78 is 15.0. The smallest absolute Gasteiger partial charge is 0.303 e.